The van der Waals surface area contributed by atoms with E-state index in [1.165, 1.54) is 0 Å². The minimum Gasteiger partial charge on any atom is -0.399 e. The molecule has 0 spiro atoms. The second-order valence-corrected chi connectivity index (χ2v) is 6.89. The minimum atomic E-state index is -0.315. The normalized spacial score (nSPS) is 10.6. The topological polar surface area (TPSA) is 90.0 Å². The van der Waals surface area contributed by atoms with Gasteiger partial charge < -0.3 is 11.1 Å². The maximum atomic E-state index is 12.8. The van der Waals surface area contributed by atoms with E-state index < -0.39 is 0 Å². The Morgan fingerprint density at radius 2 is 1.50 bits per heavy atom. The van der Waals surface area contributed by atoms with Crippen LogP contribution in [0.2, 0.25) is 0 Å². The van der Waals surface area contributed by atoms with Gasteiger partial charge >= 0.3 is 0 Å². The van der Waals surface area contributed by atoms with Crippen LogP contribution in [0.3, 0.4) is 0 Å². The molecule has 148 valence electrons. The molecule has 4 aromatic rings. The van der Waals surface area contributed by atoms with E-state index in [0.717, 1.165) is 11.3 Å². The van der Waals surface area contributed by atoms with E-state index in [9.17, 15) is 9.59 Å². The molecule has 0 saturated heterocycles. The Bertz CT molecular complexity index is 1210. The van der Waals surface area contributed by atoms with Gasteiger partial charge in [-0.15, -0.1) is 0 Å². The highest BCUT2D eigenvalue weighted by Gasteiger charge is 2.14. The zero-order valence-electron chi connectivity index (χ0n) is 16.4. The van der Waals surface area contributed by atoms with Gasteiger partial charge in [-0.1, -0.05) is 54.6 Å². The molecular weight excluding hydrogens is 376 g/mol. The molecular formula is C24H20N4O2. The number of amides is 1. The van der Waals surface area contributed by atoms with E-state index >= 15 is 0 Å². The van der Waals surface area contributed by atoms with Crippen molar-refractivity contribution in [1.29, 1.82) is 0 Å². The fourth-order valence-electron chi connectivity index (χ4n) is 3.13. The van der Waals surface area contributed by atoms with Gasteiger partial charge in [-0.25, -0.2) is 0 Å². The highest BCUT2D eigenvalue weighted by Crippen LogP contribution is 2.23. The first-order valence-corrected chi connectivity index (χ1v) is 9.42. The fraction of sp³-hybridized carbons (Fsp3) is 0.0417. The number of nitrogens with two attached hydrogens (primary N) is 1. The first kappa shape index (κ1) is 19.1. The van der Waals surface area contributed by atoms with Crippen LogP contribution in [-0.4, -0.2) is 21.5 Å². The number of carbonyl (C=O) groups excluding carboxylic acids is 2. The second-order valence-electron chi connectivity index (χ2n) is 6.89. The molecule has 0 radical (unpaired) electrons. The zero-order valence-corrected chi connectivity index (χ0v) is 16.4. The summed E-state index contributed by atoms with van der Waals surface area (Å²) in [6, 6.07) is 24.8. The molecule has 0 saturated carbocycles. The molecule has 0 bridgehead atoms. The van der Waals surface area contributed by atoms with Gasteiger partial charge in [0.25, 0.3) is 5.91 Å². The molecule has 6 nitrogen and oxygen atoms in total. The molecule has 6 heteroatoms. The molecule has 30 heavy (non-hydrogen) atoms. The lowest BCUT2D eigenvalue weighted by atomic mass is 10.0. The minimum absolute atomic E-state index is 0.128. The van der Waals surface area contributed by atoms with E-state index in [2.05, 4.69) is 10.4 Å². The van der Waals surface area contributed by atoms with Gasteiger partial charge in [0.15, 0.2) is 5.78 Å². The summed E-state index contributed by atoms with van der Waals surface area (Å²) in [7, 11) is 1.76. The Morgan fingerprint density at radius 1 is 0.833 bits per heavy atom. The average Bonchev–Trinajstić information content (AvgIpc) is 3.14. The molecule has 0 aliphatic carbocycles. The van der Waals surface area contributed by atoms with E-state index in [1.807, 2.05) is 30.3 Å². The van der Waals surface area contributed by atoms with Crippen LogP contribution in [0.25, 0.3) is 11.3 Å². The van der Waals surface area contributed by atoms with Crippen LogP contribution in [-0.2, 0) is 7.05 Å². The largest absolute Gasteiger partial charge is 0.399 e. The van der Waals surface area contributed by atoms with Crippen LogP contribution in [0.5, 0.6) is 0 Å². The second kappa shape index (κ2) is 8.05. The summed E-state index contributed by atoms with van der Waals surface area (Å²) >= 11 is 0. The third-order valence-corrected chi connectivity index (χ3v) is 4.75. The number of hydrogen-bond acceptors (Lipinski definition) is 4. The van der Waals surface area contributed by atoms with Crippen LogP contribution in [0, 0.1) is 0 Å². The predicted octanol–water partition coefficient (Wildman–Crippen LogP) is 4.15. The molecule has 0 atom stereocenters. The predicted molar refractivity (Wildman–Crippen MR) is 117 cm³/mol. The number of rotatable bonds is 5. The average molecular weight is 396 g/mol. The van der Waals surface area contributed by atoms with Crippen molar-refractivity contribution >= 4 is 23.2 Å². The highest BCUT2D eigenvalue weighted by molar-refractivity contribution is 6.11. The summed E-state index contributed by atoms with van der Waals surface area (Å²) in [5.41, 5.74) is 9.46. The Labute approximate surface area is 174 Å². The SMILES string of the molecule is Cn1nc(-c2ccc(N)cc2)cc1NC(=O)c1cccc(C(=O)c2ccccc2)c1. The number of ketones is 1. The van der Waals surface area contributed by atoms with Crippen LogP contribution >= 0.6 is 0 Å². The Hall–Kier alpha value is -4.19. The smallest absolute Gasteiger partial charge is 0.256 e. The molecule has 3 aromatic carbocycles. The molecule has 0 aliphatic rings. The van der Waals surface area contributed by atoms with Gasteiger partial charge in [-0.3, -0.25) is 14.3 Å². The first-order valence-electron chi connectivity index (χ1n) is 9.42. The van der Waals surface area contributed by atoms with Crippen molar-refractivity contribution in [1.82, 2.24) is 9.78 Å². The Morgan fingerprint density at radius 3 is 2.23 bits per heavy atom. The summed E-state index contributed by atoms with van der Waals surface area (Å²) < 4.78 is 1.60. The molecule has 1 amide bonds. The van der Waals surface area contributed by atoms with Crippen LogP contribution in [0.15, 0.2) is 84.9 Å². The summed E-state index contributed by atoms with van der Waals surface area (Å²) in [4.78, 5) is 25.5. The van der Waals surface area contributed by atoms with Gasteiger partial charge in [0.2, 0.25) is 0 Å². The number of nitrogen functional groups attached to an aromatic ring is 1. The number of nitrogens with one attached hydrogen (secondary N) is 1. The number of aromatic nitrogens is 2. The number of nitrogens with zero attached hydrogens (tertiary/aromatic N) is 2. The number of aryl methyl sites for hydroxylation is 1. The van der Waals surface area contributed by atoms with Crippen LogP contribution < -0.4 is 11.1 Å². The van der Waals surface area contributed by atoms with Crippen molar-refractivity contribution in [3.8, 4) is 11.3 Å². The summed E-state index contributed by atoms with van der Waals surface area (Å²) in [5, 5.41) is 7.31. The summed E-state index contributed by atoms with van der Waals surface area (Å²) in [6.07, 6.45) is 0. The van der Waals surface area contributed by atoms with E-state index in [4.69, 9.17) is 5.73 Å². The molecule has 1 aromatic heterocycles. The van der Waals surface area contributed by atoms with Crippen molar-refractivity contribution in [2.45, 2.75) is 0 Å². The van der Waals surface area contributed by atoms with Crippen LogP contribution in [0.4, 0.5) is 11.5 Å². The van der Waals surface area contributed by atoms with Crippen molar-refractivity contribution in [2.24, 2.45) is 7.05 Å². The van der Waals surface area contributed by atoms with Gasteiger partial charge in [-0.2, -0.15) is 5.10 Å². The van der Waals surface area contributed by atoms with Gasteiger partial charge in [0.1, 0.15) is 5.82 Å². The Balaban J connectivity index is 1.55. The summed E-state index contributed by atoms with van der Waals surface area (Å²) in [5.74, 6) is 0.104. The third kappa shape index (κ3) is 3.98. The Kier molecular flexibility index (Phi) is 5.13. The first-order chi connectivity index (χ1) is 14.5. The molecule has 0 fully saturated rings. The van der Waals surface area contributed by atoms with E-state index in [-0.39, 0.29) is 11.7 Å². The van der Waals surface area contributed by atoms with Crippen molar-refractivity contribution < 1.29 is 9.59 Å². The number of hydrogen-bond donors (Lipinski definition) is 2. The lowest BCUT2D eigenvalue weighted by molar-refractivity contribution is 0.102. The molecule has 1 heterocycles. The van der Waals surface area contributed by atoms with Crippen LogP contribution in [0.1, 0.15) is 26.3 Å². The monoisotopic (exact) mass is 396 g/mol. The quantitative estimate of drug-likeness (QED) is 0.392. The van der Waals surface area contributed by atoms with Gasteiger partial charge in [-0.05, 0) is 24.3 Å². The lowest BCUT2D eigenvalue weighted by Crippen LogP contribution is -2.15. The molecule has 3 N–H and O–H groups in total. The van der Waals surface area contributed by atoms with E-state index in [1.54, 1.807) is 66.3 Å². The number of benzene rings is 3. The van der Waals surface area contributed by atoms with Gasteiger partial charge in [0.05, 0.1) is 5.69 Å². The maximum absolute atomic E-state index is 12.8. The van der Waals surface area contributed by atoms with Crippen molar-refractivity contribution in [3.05, 3.63) is 102 Å². The molecule has 0 aliphatic heterocycles. The standard InChI is InChI=1S/C24H20N4O2/c1-28-22(15-21(27-28)16-10-12-20(25)13-11-16)26-24(30)19-9-5-8-18(14-19)23(29)17-6-3-2-4-7-17/h2-15H,25H2,1H3,(H,26,30). The fourth-order valence-corrected chi connectivity index (χ4v) is 3.13. The highest BCUT2D eigenvalue weighted by atomic mass is 16.1. The van der Waals surface area contributed by atoms with Crippen molar-refractivity contribution in [2.75, 3.05) is 11.1 Å². The van der Waals surface area contributed by atoms with Gasteiger partial charge in [0, 0.05) is 41.1 Å². The third-order valence-electron chi connectivity index (χ3n) is 4.75. The number of anilines is 2. The van der Waals surface area contributed by atoms with Crippen molar-refractivity contribution in [3.63, 3.8) is 0 Å². The zero-order chi connectivity index (χ0) is 21.1. The molecule has 4 rings (SSSR count). The van der Waals surface area contributed by atoms with E-state index in [0.29, 0.717) is 28.2 Å². The summed E-state index contributed by atoms with van der Waals surface area (Å²) in [6.45, 7) is 0. The maximum Gasteiger partial charge on any atom is 0.256 e. The lowest BCUT2D eigenvalue weighted by Gasteiger charge is -2.07. The number of carbonyl (C=O) groups is 2. The molecule has 0 unspecified atom stereocenters.